The third-order valence-electron chi connectivity index (χ3n) is 2.00. The Labute approximate surface area is 97.6 Å². The van der Waals surface area contributed by atoms with Crippen LogP contribution in [0.1, 0.15) is 18.1 Å². The molecule has 1 atom stereocenters. The zero-order valence-electron chi connectivity index (χ0n) is 8.32. The van der Waals surface area contributed by atoms with Gasteiger partial charge in [0, 0.05) is 18.3 Å². The number of benzene rings is 1. The van der Waals surface area contributed by atoms with E-state index in [1.807, 2.05) is 30.3 Å². The number of alkyl halides is 1. The van der Waals surface area contributed by atoms with E-state index in [1.165, 1.54) is 0 Å². The van der Waals surface area contributed by atoms with Gasteiger partial charge >= 0.3 is 0 Å². The lowest BCUT2D eigenvalue weighted by molar-refractivity contribution is -0.121. The van der Waals surface area contributed by atoms with E-state index in [9.17, 15) is 9.90 Å². The number of halogens is 1. The average molecular weight is 272 g/mol. The monoisotopic (exact) mass is 271 g/mol. The second kappa shape index (κ2) is 6.58. The second-order valence-electron chi connectivity index (χ2n) is 3.17. The van der Waals surface area contributed by atoms with Gasteiger partial charge in [-0.25, -0.2) is 0 Å². The summed E-state index contributed by atoms with van der Waals surface area (Å²) in [5.41, 5.74) is 0.816. The predicted octanol–water partition coefficient (Wildman–Crippen LogP) is 1.62. The SMILES string of the molecule is O=C(CCBr)NCC(O)c1ccccc1. The van der Waals surface area contributed by atoms with Crippen molar-refractivity contribution in [3.05, 3.63) is 35.9 Å². The minimum absolute atomic E-state index is 0.0538. The molecule has 0 aliphatic rings. The number of carbonyl (C=O) groups is 1. The van der Waals surface area contributed by atoms with Gasteiger partial charge in [0.25, 0.3) is 0 Å². The molecule has 2 N–H and O–H groups in total. The van der Waals surface area contributed by atoms with Crippen molar-refractivity contribution >= 4 is 21.8 Å². The topological polar surface area (TPSA) is 49.3 Å². The lowest BCUT2D eigenvalue weighted by Crippen LogP contribution is -2.28. The molecular weight excluding hydrogens is 258 g/mol. The van der Waals surface area contributed by atoms with Crippen LogP contribution in [-0.2, 0) is 4.79 Å². The van der Waals surface area contributed by atoms with E-state index in [4.69, 9.17) is 0 Å². The highest BCUT2D eigenvalue weighted by molar-refractivity contribution is 9.09. The molecule has 1 amide bonds. The lowest BCUT2D eigenvalue weighted by atomic mass is 10.1. The average Bonchev–Trinajstić information content (AvgIpc) is 2.27. The molecule has 0 heterocycles. The molecule has 0 spiro atoms. The van der Waals surface area contributed by atoms with Gasteiger partial charge in [0.2, 0.25) is 5.91 Å². The molecule has 0 saturated carbocycles. The van der Waals surface area contributed by atoms with E-state index in [0.717, 1.165) is 5.56 Å². The van der Waals surface area contributed by atoms with Gasteiger partial charge in [-0.1, -0.05) is 46.3 Å². The first-order valence-corrected chi connectivity index (χ1v) is 5.92. The van der Waals surface area contributed by atoms with Crippen molar-refractivity contribution in [2.45, 2.75) is 12.5 Å². The van der Waals surface area contributed by atoms with Crippen molar-refractivity contribution in [2.75, 3.05) is 11.9 Å². The molecular formula is C11H14BrNO2. The van der Waals surface area contributed by atoms with Gasteiger partial charge in [0.15, 0.2) is 0 Å². The van der Waals surface area contributed by atoms with E-state index in [2.05, 4.69) is 21.2 Å². The Hall–Kier alpha value is -0.870. The number of hydrogen-bond donors (Lipinski definition) is 2. The Morgan fingerprint density at radius 1 is 1.40 bits per heavy atom. The maximum absolute atomic E-state index is 11.1. The van der Waals surface area contributed by atoms with Gasteiger partial charge in [-0.15, -0.1) is 0 Å². The summed E-state index contributed by atoms with van der Waals surface area (Å²) in [5.74, 6) is -0.0538. The third-order valence-corrected chi connectivity index (χ3v) is 2.39. The molecule has 1 unspecified atom stereocenters. The maximum Gasteiger partial charge on any atom is 0.220 e. The summed E-state index contributed by atoms with van der Waals surface area (Å²) in [7, 11) is 0. The van der Waals surface area contributed by atoms with E-state index in [1.54, 1.807) is 0 Å². The number of amides is 1. The molecule has 3 nitrogen and oxygen atoms in total. The van der Waals surface area contributed by atoms with E-state index >= 15 is 0 Å². The zero-order valence-corrected chi connectivity index (χ0v) is 9.90. The minimum Gasteiger partial charge on any atom is -0.387 e. The van der Waals surface area contributed by atoms with Crippen LogP contribution in [0.5, 0.6) is 0 Å². The first kappa shape index (κ1) is 12.2. The lowest BCUT2D eigenvalue weighted by Gasteiger charge is -2.11. The van der Waals surface area contributed by atoms with Crippen LogP contribution in [-0.4, -0.2) is 22.9 Å². The molecule has 82 valence electrons. The molecule has 0 radical (unpaired) electrons. The Morgan fingerprint density at radius 3 is 2.67 bits per heavy atom. The number of nitrogens with one attached hydrogen (secondary N) is 1. The van der Waals surface area contributed by atoms with Crippen LogP contribution < -0.4 is 5.32 Å². The fraction of sp³-hybridized carbons (Fsp3) is 0.364. The smallest absolute Gasteiger partial charge is 0.220 e. The van der Waals surface area contributed by atoms with Crippen molar-refractivity contribution in [2.24, 2.45) is 0 Å². The van der Waals surface area contributed by atoms with Crippen LogP contribution in [0.3, 0.4) is 0 Å². The molecule has 0 bridgehead atoms. The Morgan fingerprint density at radius 2 is 2.07 bits per heavy atom. The van der Waals surface area contributed by atoms with Crippen molar-refractivity contribution in [1.82, 2.24) is 5.32 Å². The Bertz CT molecular complexity index is 303. The Kier molecular flexibility index (Phi) is 5.36. The van der Waals surface area contributed by atoms with Gasteiger partial charge < -0.3 is 10.4 Å². The number of rotatable bonds is 5. The number of hydrogen-bond acceptors (Lipinski definition) is 2. The summed E-state index contributed by atoms with van der Waals surface area (Å²) in [4.78, 5) is 11.1. The van der Waals surface area contributed by atoms with Crippen molar-refractivity contribution in [3.8, 4) is 0 Å². The fourth-order valence-corrected chi connectivity index (χ4v) is 1.54. The van der Waals surface area contributed by atoms with Crippen LogP contribution in [0.4, 0.5) is 0 Å². The second-order valence-corrected chi connectivity index (χ2v) is 3.96. The molecule has 0 aliphatic carbocycles. The summed E-state index contributed by atoms with van der Waals surface area (Å²) < 4.78 is 0. The highest BCUT2D eigenvalue weighted by Gasteiger charge is 2.07. The van der Waals surface area contributed by atoms with Crippen molar-refractivity contribution < 1.29 is 9.90 Å². The van der Waals surface area contributed by atoms with E-state index < -0.39 is 6.10 Å². The zero-order chi connectivity index (χ0) is 11.1. The van der Waals surface area contributed by atoms with E-state index in [-0.39, 0.29) is 12.5 Å². The summed E-state index contributed by atoms with van der Waals surface area (Å²) >= 11 is 3.18. The third kappa shape index (κ3) is 4.44. The van der Waals surface area contributed by atoms with Crippen LogP contribution in [0, 0.1) is 0 Å². The molecule has 4 heteroatoms. The molecule has 0 fully saturated rings. The van der Waals surface area contributed by atoms with Gasteiger partial charge in [-0.05, 0) is 5.56 Å². The predicted molar refractivity (Wildman–Crippen MR) is 62.8 cm³/mol. The summed E-state index contributed by atoms with van der Waals surface area (Å²) in [6.45, 7) is 0.260. The van der Waals surface area contributed by atoms with Gasteiger partial charge in [-0.2, -0.15) is 0 Å². The standard InChI is InChI=1S/C11H14BrNO2/c12-7-6-11(15)13-8-10(14)9-4-2-1-3-5-9/h1-5,10,14H,6-8H2,(H,13,15). The largest absolute Gasteiger partial charge is 0.387 e. The number of aliphatic hydroxyl groups excluding tert-OH is 1. The molecule has 1 aromatic carbocycles. The molecule has 15 heavy (non-hydrogen) atoms. The van der Waals surface area contributed by atoms with Crippen LogP contribution in [0.15, 0.2) is 30.3 Å². The minimum atomic E-state index is -0.634. The van der Waals surface area contributed by atoms with Crippen LogP contribution in [0.2, 0.25) is 0 Å². The molecule has 0 aromatic heterocycles. The number of aliphatic hydroxyl groups is 1. The Balaban J connectivity index is 2.37. The normalized spacial score (nSPS) is 12.1. The molecule has 1 aromatic rings. The van der Waals surface area contributed by atoms with Crippen molar-refractivity contribution in [1.29, 1.82) is 0 Å². The highest BCUT2D eigenvalue weighted by Crippen LogP contribution is 2.10. The van der Waals surface area contributed by atoms with Gasteiger partial charge in [-0.3, -0.25) is 4.79 Å². The first-order chi connectivity index (χ1) is 7.24. The fourth-order valence-electron chi connectivity index (χ4n) is 1.18. The van der Waals surface area contributed by atoms with Crippen LogP contribution in [0.25, 0.3) is 0 Å². The molecule has 0 saturated heterocycles. The summed E-state index contributed by atoms with van der Waals surface area (Å²) in [6, 6.07) is 9.28. The van der Waals surface area contributed by atoms with Crippen molar-refractivity contribution in [3.63, 3.8) is 0 Å². The van der Waals surface area contributed by atoms with E-state index in [0.29, 0.717) is 11.8 Å². The van der Waals surface area contributed by atoms with Gasteiger partial charge in [0.05, 0.1) is 6.10 Å². The summed E-state index contributed by atoms with van der Waals surface area (Å²) in [6.07, 6.45) is -0.202. The van der Waals surface area contributed by atoms with Gasteiger partial charge in [0.1, 0.15) is 0 Å². The molecule has 0 aliphatic heterocycles. The highest BCUT2D eigenvalue weighted by atomic mass is 79.9. The maximum atomic E-state index is 11.1. The number of carbonyl (C=O) groups excluding carboxylic acids is 1. The quantitative estimate of drug-likeness (QED) is 0.800. The van der Waals surface area contributed by atoms with Crippen LogP contribution >= 0.6 is 15.9 Å². The summed E-state index contributed by atoms with van der Waals surface area (Å²) in [5, 5.41) is 13.0. The molecule has 1 rings (SSSR count). The first-order valence-electron chi connectivity index (χ1n) is 4.79.